The summed E-state index contributed by atoms with van der Waals surface area (Å²) < 4.78 is 0. The molecular weight excluding hydrogens is 425 g/mol. The van der Waals surface area contributed by atoms with E-state index in [1.807, 2.05) is 70.6 Å². The number of hydrogen-bond acceptors (Lipinski definition) is 9. The van der Waals surface area contributed by atoms with E-state index in [1.165, 1.54) is 23.0 Å². The van der Waals surface area contributed by atoms with Gasteiger partial charge in [0.1, 0.15) is 0 Å². The maximum atomic E-state index is 9.94. The van der Waals surface area contributed by atoms with Gasteiger partial charge in [-0.05, 0) is 0 Å². The third kappa shape index (κ3) is 13.2. The van der Waals surface area contributed by atoms with E-state index in [0.717, 1.165) is 43.7 Å². The van der Waals surface area contributed by atoms with Gasteiger partial charge in [-0.3, -0.25) is 0 Å². The Morgan fingerprint density at radius 3 is 1.48 bits per heavy atom. The van der Waals surface area contributed by atoms with Crippen LogP contribution in [0.3, 0.4) is 0 Å². The third-order valence-electron chi connectivity index (χ3n) is 2.99. The molecule has 4 unspecified atom stereocenters. The number of thioether (sulfide) groups is 7. The first kappa shape index (κ1) is 21.7. The number of aliphatic hydroxyl groups is 2. The number of hydrogen-bond donors (Lipinski definition) is 2. The van der Waals surface area contributed by atoms with Gasteiger partial charge in [0, 0.05) is 66.7 Å². The highest BCUT2D eigenvalue weighted by Crippen LogP contribution is 2.34. The van der Waals surface area contributed by atoms with Crippen LogP contribution in [-0.4, -0.2) is 89.1 Å². The minimum Gasteiger partial charge on any atom is -0.391 e. The number of rotatable bonds is 16. The van der Waals surface area contributed by atoms with Crippen molar-refractivity contribution in [2.45, 2.75) is 22.7 Å². The SMILES string of the molecule is OC(CSCSCC1CS1)CSCC(O)CSCSCC1CS1. The summed E-state index contributed by atoms with van der Waals surface area (Å²) >= 11 is 13.4. The fourth-order valence-corrected chi connectivity index (χ4v) is 9.00. The van der Waals surface area contributed by atoms with E-state index >= 15 is 0 Å². The lowest BCUT2D eigenvalue weighted by Crippen LogP contribution is -2.18. The molecular formula is C14H26O2S7. The summed E-state index contributed by atoms with van der Waals surface area (Å²) in [4.78, 5) is 0. The molecule has 0 aliphatic carbocycles. The van der Waals surface area contributed by atoms with Crippen molar-refractivity contribution in [3.05, 3.63) is 0 Å². The molecule has 0 aromatic heterocycles. The zero-order chi connectivity index (χ0) is 16.3. The van der Waals surface area contributed by atoms with Gasteiger partial charge in [0.05, 0.1) is 12.2 Å². The van der Waals surface area contributed by atoms with E-state index in [0.29, 0.717) is 0 Å². The molecule has 0 spiro atoms. The molecule has 0 radical (unpaired) electrons. The first-order chi connectivity index (χ1) is 11.2. The van der Waals surface area contributed by atoms with Crippen molar-refractivity contribution in [3.63, 3.8) is 0 Å². The predicted molar refractivity (Wildman–Crippen MR) is 121 cm³/mol. The zero-order valence-electron chi connectivity index (χ0n) is 13.1. The van der Waals surface area contributed by atoms with Crippen LogP contribution in [0, 0.1) is 0 Å². The van der Waals surface area contributed by atoms with Crippen molar-refractivity contribution in [1.29, 1.82) is 0 Å². The molecule has 9 heteroatoms. The number of aliphatic hydroxyl groups excluding tert-OH is 2. The molecule has 2 saturated heterocycles. The van der Waals surface area contributed by atoms with Gasteiger partial charge in [0.15, 0.2) is 0 Å². The molecule has 136 valence electrons. The van der Waals surface area contributed by atoms with Gasteiger partial charge in [0.25, 0.3) is 0 Å². The van der Waals surface area contributed by atoms with Gasteiger partial charge < -0.3 is 10.2 Å². The van der Waals surface area contributed by atoms with Crippen LogP contribution in [-0.2, 0) is 0 Å². The monoisotopic (exact) mass is 450 g/mol. The fraction of sp³-hybridized carbons (Fsp3) is 1.00. The normalized spacial score (nSPS) is 25.3. The molecule has 2 aliphatic rings. The van der Waals surface area contributed by atoms with Crippen molar-refractivity contribution in [2.75, 3.05) is 56.2 Å². The molecule has 0 amide bonds. The minimum atomic E-state index is -0.243. The molecule has 2 heterocycles. The van der Waals surface area contributed by atoms with Crippen LogP contribution in [0.1, 0.15) is 0 Å². The molecule has 0 aromatic carbocycles. The van der Waals surface area contributed by atoms with Crippen molar-refractivity contribution in [2.24, 2.45) is 0 Å². The van der Waals surface area contributed by atoms with Crippen LogP contribution in [0.5, 0.6) is 0 Å². The summed E-state index contributed by atoms with van der Waals surface area (Å²) in [6, 6.07) is 0. The van der Waals surface area contributed by atoms with E-state index in [1.54, 1.807) is 11.8 Å². The van der Waals surface area contributed by atoms with Crippen molar-refractivity contribution in [1.82, 2.24) is 0 Å². The Morgan fingerprint density at radius 2 is 1.09 bits per heavy atom. The Hall–Kier alpha value is 2.37. The Balaban J connectivity index is 1.30. The van der Waals surface area contributed by atoms with Crippen LogP contribution >= 0.6 is 82.3 Å². The van der Waals surface area contributed by atoms with Crippen LogP contribution in [0.25, 0.3) is 0 Å². The maximum absolute atomic E-state index is 9.94. The molecule has 23 heavy (non-hydrogen) atoms. The smallest absolute Gasteiger partial charge is 0.0721 e. The maximum Gasteiger partial charge on any atom is 0.0721 e. The highest BCUT2D eigenvalue weighted by molar-refractivity contribution is 8.17. The van der Waals surface area contributed by atoms with Gasteiger partial charge in [0.2, 0.25) is 0 Å². The average molecular weight is 451 g/mol. The third-order valence-corrected chi connectivity index (χ3v) is 11.8. The van der Waals surface area contributed by atoms with Crippen LogP contribution in [0.4, 0.5) is 0 Å². The first-order valence-electron chi connectivity index (χ1n) is 7.72. The minimum absolute atomic E-state index is 0.243. The molecule has 2 nitrogen and oxygen atoms in total. The van der Waals surface area contributed by atoms with E-state index < -0.39 is 0 Å². The Bertz CT molecular complexity index is 275. The standard InChI is InChI=1S/C14H26O2S7/c15-11(3-18-9-20-5-13-7-22-13)1-17-2-12(16)4-19-10-21-6-14-8-23-14/h11-16H,1-10H2. The summed E-state index contributed by atoms with van der Waals surface area (Å²) in [5.41, 5.74) is 0. The van der Waals surface area contributed by atoms with E-state index in [9.17, 15) is 10.2 Å². The largest absolute Gasteiger partial charge is 0.391 e. The van der Waals surface area contributed by atoms with Crippen molar-refractivity contribution < 1.29 is 10.2 Å². The Morgan fingerprint density at radius 1 is 0.696 bits per heavy atom. The van der Waals surface area contributed by atoms with Crippen molar-refractivity contribution in [3.8, 4) is 0 Å². The van der Waals surface area contributed by atoms with Gasteiger partial charge in [-0.15, -0.1) is 47.0 Å². The molecule has 2 rings (SSSR count). The molecule has 2 aliphatic heterocycles. The van der Waals surface area contributed by atoms with Crippen LogP contribution in [0.2, 0.25) is 0 Å². The average Bonchev–Trinajstić information content (AvgIpc) is 3.41. The molecule has 0 saturated carbocycles. The van der Waals surface area contributed by atoms with E-state index in [-0.39, 0.29) is 12.2 Å². The highest BCUT2D eigenvalue weighted by atomic mass is 32.2. The quantitative estimate of drug-likeness (QED) is 0.209. The molecule has 4 atom stereocenters. The predicted octanol–water partition coefficient (Wildman–Crippen LogP) is 3.52. The second-order valence-electron chi connectivity index (χ2n) is 5.47. The van der Waals surface area contributed by atoms with Crippen LogP contribution < -0.4 is 0 Å². The van der Waals surface area contributed by atoms with Gasteiger partial charge in [-0.25, -0.2) is 0 Å². The first-order valence-corrected chi connectivity index (χ1v) is 15.6. The molecule has 0 bridgehead atoms. The van der Waals surface area contributed by atoms with Gasteiger partial charge in [-0.1, -0.05) is 0 Å². The summed E-state index contributed by atoms with van der Waals surface area (Å²) in [5.74, 6) is 8.34. The van der Waals surface area contributed by atoms with E-state index in [4.69, 9.17) is 0 Å². The highest BCUT2D eigenvalue weighted by Gasteiger charge is 2.22. The lowest BCUT2D eigenvalue weighted by molar-refractivity contribution is 0.220. The Labute approximate surface area is 170 Å². The van der Waals surface area contributed by atoms with Crippen LogP contribution in [0.15, 0.2) is 0 Å². The second kappa shape index (κ2) is 13.5. The topological polar surface area (TPSA) is 40.5 Å². The fourth-order valence-electron chi connectivity index (χ4n) is 1.61. The molecule has 0 aromatic rings. The summed E-state index contributed by atoms with van der Waals surface area (Å²) in [6.07, 6.45) is -0.486. The van der Waals surface area contributed by atoms with Gasteiger partial charge in [-0.2, -0.15) is 35.3 Å². The lowest BCUT2D eigenvalue weighted by atomic mass is 10.5. The van der Waals surface area contributed by atoms with E-state index in [2.05, 4.69) is 0 Å². The summed E-state index contributed by atoms with van der Waals surface area (Å²) in [6.45, 7) is 0. The summed E-state index contributed by atoms with van der Waals surface area (Å²) in [5, 5.41) is 23.9. The van der Waals surface area contributed by atoms with Gasteiger partial charge >= 0.3 is 0 Å². The molecule has 2 fully saturated rings. The second-order valence-corrected chi connectivity index (χ2v) is 14.1. The zero-order valence-corrected chi connectivity index (χ0v) is 18.8. The summed E-state index contributed by atoms with van der Waals surface area (Å²) in [7, 11) is 0. The Kier molecular flexibility index (Phi) is 12.7. The lowest BCUT2D eigenvalue weighted by Gasteiger charge is -2.13. The molecule has 2 N–H and O–H groups in total. The van der Waals surface area contributed by atoms with Crippen molar-refractivity contribution >= 4 is 82.3 Å².